The van der Waals surface area contributed by atoms with Crippen LogP contribution >= 0.6 is 0 Å². The van der Waals surface area contributed by atoms with Crippen molar-refractivity contribution < 1.29 is 9.59 Å². The number of imide groups is 1. The van der Waals surface area contributed by atoms with Crippen molar-refractivity contribution in [3.63, 3.8) is 0 Å². The molecule has 1 heterocycles. The minimum Gasteiger partial charge on any atom is -0.399 e. The van der Waals surface area contributed by atoms with Crippen molar-refractivity contribution in [2.45, 2.75) is 39.0 Å². The van der Waals surface area contributed by atoms with E-state index in [4.69, 9.17) is 5.73 Å². The van der Waals surface area contributed by atoms with Crippen molar-refractivity contribution in [2.24, 2.45) is 5.41 Å². The van der Waals surface area contributed by atoms with Crippen LogP contribution in [0, 0.1) is 12.3 Å². The second kappa shape index (κ2) is 4.08. The fourth-order valence-electron chi connectivity index (χ4n) is 3.30. The lowest BCUT2D eigenvalue weighted by Crippen LogP contribution is -2.34. The number of nitrogens with two attached hydrogens (primary N) is 1. The van der Waals surface area contributed by atoms with Gasteiger partial charge in [-0.1, -0.05) is 12.8 Å². The van der Waals surface area contributed by atoms with Gasteiger partial charge in [0.1, 0.15) is 0 Å². The quantitative estimate of drug-likeness (QED) is 0.621. The van der Waals surface area contributed by atoms with Crippen LogP contribution < -0.4 is 10.6 Å². The standard InChI is InChI=1S/C15H18N2O2/c1-10-8-11(4-5-12(10)16)17-13(18)9-15(14(17)19)6-2-3-7-15/h4-5,8H,2-3,6-7,9,16H2,1H3. The van der Waals surface area contributed by atoms with E-state index in [1.165, 1.54) is 4.90 Å². The van der Waals surface area contributed by atoms with E-state index in [0.717, 1.165) is 31.2 Å². The van der Waals surface area contributed by atoms with E-state index in [9.17, 15) is 9.59 Å². The number of nitrogens with zero attached hydrogens (tertiary/aromatic N) is 1. The number of benzene rings is 1. The lowest BCUT2D eigenvalue weighted by molar-refractivity contribution is -0.125. The van der Waals surface area contributed by atoms with Crippen molar-refractivity contribution in [3.05, 3.63) is 23.8 Å². The molecule has 2 fully saturated rings. The summed E-state index contributed by atoms with van der Waals surface area (Å²) in [7, 11) is 0. The van der Waals surface area contributed by atoms with E-state index >= 15 is 0 Å². The van der Waals surface area contributed by atoms with E-state index in [2.05, 4.69) is 0 Å². The summed E-state index contributed by atoms with van der Waals surface area (Å²) in [6, 6.07) is 5.33. The minimum absolute atomic E-state index is 0.0147. The van der Waals surface area contributed by atoms with Crippen LogP contribution in [0.15, 0.2) is 18.2 Å². The Kier molecular flexibility index (Phi) is 2.62. The molecule has 0 radical (unpaired) electrons. The summed E-state index contributed by atoms with van der Waals surface area (Å²) in [6.07, 6.45) is 4.17. The molecule has 19 heavy (non-hydrogen) atoms. The third-order valence-corrected chi connectivity index (χ3v) is 4.47. The number of hydrogen-bond donors (Lipinski definition) is 1. The van der Waals surface area contributed by atoms with Crippen molar-refractivity contribution in [2.75, 3.05) is 10.6 Å². The van der Waals surface area contributed by atoms with Gasteiger partial charge in [-0.25, -0.2) is 0 Å². The molecule has 2 amide bonds. The van der Waals surface area contributed by atoms with Crippen molar-refractivity contribution >= 4 is 23.2 Å². The SMILES string of the molecule is Cc1cc(N2C(=O)CC3(CCCC3)C2=O)ccc1N. The molecule has 1 saturated heterocycles. The van der Waals surface area contributed by atoms with Crippen molar-refractivity contribution in [1.29, 1.82) is 0 Å². The van der Waals surface area contributed by atoms with Gasteiger partial charge in [-0.05, 0) is 43.5 Å². The molecular weight excluding hydrogens is 240 g/mol. The first-order chi connectivity index (χ1) is 9.03. The topological polar surface area (TPSA) is 63.4 Å². The third kappa shape index (κ3) is 1.74. The fraction of sp³-hybridized carbons (Fsp3) is 0.467. The number of rotatable bonds is 1. The van der Waals surface area contributed by atoms with Crippen LogP contribution in [-0.4, -0.2) is 11.8 Å². The fourth-order valence-corrected chi connectivity index (χ4v) is 3.30. The Balaban J connectivity index is 1.98. The number of anilines is 2. The monoisotopic (exact) mass is 258 g/mol. The minimum atomic E-state index is -0.410. The number of carbonyl (C=O) groups is 2. The Morgan fingerprint density at radius 1 is 1.21 bits per heavy atom. The maximum atomic E-state index is 12.6. The average Bonchev–Trinajstić information content (AvgIpc) is 2.91. The molecule has 2 N–H and O–H groups in total. The van der Waals surface area contributed by atoms with Gasteiger partial charge in [0, 0.05) is 12.1 Å². The molecular formula is C15H18N2O2. The van der Waals surface area contributed by atoms with Gasteiger partial charge in [-0.15, -0.1) is 0 Å². The highest BCUT2D eigenvalue weighted by atomic mass is 16.2. The molecule has 1 saturated carbocycles. The number of amides is 2. The molecule has 3 rings (SSSR count). The summed E-state index contributed by atoms with van der Waals surface area (Å²) >= 11 is 0. The van der Waals surface area contributed by atoms with Crippen molar-refractivity contribution in [3.8, 4) is 0 Å². The van der Waals surface area contributed by atoms with E-state index in [1.54, 1.807) is 12.1 Å². The lowest BCUT2D eigenvalue weighted by atomic mass is 9.84. The molecule has 1 aliphatic carbocycles. The van der Waals surface area contributed by atoms with Crippen LogP contribution in [0.2, 0.25) is 0 Å². The Hall–Kier alpha value is -1.84. The molecule has 4 nitrogen and oxygen atoms in total. The number of nitrogen functional groups attached to an aromatic ring is 1. The highest BCUT2D eigenvalue weighted by molar-refractivity contribution is 6.22. The highest BCUT2D eigenvalue weighted by Gasteiger charge is 2.53. The lowest BCUT2D eigenvalue weighted by Gasteiger charge is -2.21. The molecule has 4 heteroatoms. The first-order valence-corrected chi connectivity index (χ1v) is 6.77. The normalized spacial score (nSPS) is 21.6. The summed E-state index contributed by atoms with van der Waals surface area (Å²) in [6.45, 7) is 1.88. The van der Waals surface area contributed by atoms with Crippen molar-refractivity contribution in [1.82, 2.24) is 0 Å². The molecule has 1 aliphatic heterocycles. The second-order valence-electron chi connectivity index (χ2n) is 5.74. The van der Waals surface area contributed by atoms with Crippen LogP contribution in [0.5, 0.6) is 0 Å². The van der Waals surface area contributed by atoms with Gasteiger partial charge in [-0.2, -0.15) is 0 Å². The molecule has 1 aromatic carbocycles. The van der Waals surface area contributed by atoms with Crippen LogP contribution in [0.3, 0.4) is 0 Å². The first kappa shape index (κ1) is 12.2. The van der Waals surface area contributed by atoms with E-state index in [-0.39, 0.29) is 11.8 Å². The maximum absolute atomic E-state index is 12.6. The molecule has 0 atom stereocenters. The third-order valence-electron chi connectivity index (χ3n) is 4.47. The number of aryl methyl sites for hydroxylation is 1. The summed E-state index contributed by atoms with van der Waals surface area (Å²) in [5.41, 5.74) is 7.60. The zero-order valence-electron chi connectivity index (χ0n) is 11.1. The van der Waals surface area contributed by atoms with Crippen LogP contribution in [0.25, 0.3) is 0 Å². The maximum Gasteiger partial charge on any atom is 0.240 e. The second-order valence-corrected chi connectivity index (χ2v) is 5.74. The van der Waals surface area contributed by atoms with Gasteiger partial charge in [-0.3, -0.25) is 14.5 Å². The number of carbonyl (C=O) groups excluding carboxylic acids is 2. The Labute approximate surface area is 112 Å². The molecule has 2 aliphatic rings. The highest BCUT2D eigenvalue weighted by Crippen LogP contribution is 2.48. The Bertz CT molecular complexity index is 559. The van der Waals surface area contributed by atoms with E-state index in [1.807, 2.05) is 13.0 Å². The van der Waals surface area contributed by atoms with Gasteiger partial charge < -0.3 is 5.73 Å². The first-order valence-electron chi connectivity index (χ1n) is 6.77. The van der Waals surface area contributed by atoms with Crippen LogP contribution in [0.1, 0.15) is 37.7 Å². The Morgan fingerprint density at radius 3 is 2.53 bits per heavy atom. The molecule has 0 bridgehead atoms. The van der Waals surface area contributed by atoms with Gasteiger partial charge in [0.2, 0.25) is 11.8 Å². The Morgan fingerprint density at radius 2 is 1.89 bits per heavy atom. The molecule has 0 aromatic heterocycles. The molecule has 1 spiro atoms. The van der Waals surface area contributed by atoms with E-state index in [0.29, 0.717) is 17.8 Å². The molecule has 100 valence electrons. The van der Waals surface area contributed by atoms with E-state index < -0.39 is 5.41 Å². The van der Waals surface area contributed by atoms with Gasteiger partial charge in [0.25, 0.3) is 0 Å². The number of hydrogen-bond acceptors (Lipinski definition) is 3. The van der Waals surface area contributed by atoms with Gasteiger partial charge in [0.05, 0.1) is 11.1 Å². The predicted molar refractivity (Wildman–Crippen MR) is 73.6 cm³/mol. The summed E-state index contributed by atoms with van der Waals surface area (Å²) in [4.78, 5) is 26.2. The summed E-state index contributed by atoms with van der Waals surface area (Å²) in [5.74, 6) is -0.0877. The molecule has 0 unspecified atom stereocenters. The largest absolute Gasteiger partial charge is 0.399 e. The summed E-state index contributed by atoms with van der Waals surface area (Å²) < 4.78 is 0. The van der Waals surface area contributed by atoms with Gasteiger partial charge >= 0.3 is 0 Å². The van der Waals surface area contributed by atoms with Crippen LogP contribution in [-0.2, 0) is 9.59 Å². The molecule has 1 aromatic rings. The summed E-state index contributed by atoms with van der Waals surface area (Å²) in [5, 5.41) is 0. The zero-order valence-corrected chi connectivity index (χ0v) is 11.1. The average molecular weight is 258 g/mol. The predicted octanol–water partition coefficient (Wildman–Crippen LogP) is 2.40. The van der Waals surface area contributed by atoms with Gasteiger partial charge in [0.15, 0.2) is 0 Å². The smallest absolute Gasteiger partial charge is 0.240 e. The zero-order chi connectivity index (χ0) is 13.6. The van der Waals surface area contributed by atoms with Crippen LogP contribution in [0.4, 0.5) is 11.4 Å².